The lowest BCUT2D eigenvalue weighted by atomic mass is 9.92. The van der Waals surface area contributed by atoms with Crippen molar-refractivity contribution in [2.45, 2.75) is 0 Å². The van der Waals surface area contributed by atoms with Gasteiger partial charge in [-0.3, -0.25) is 0 Å². The average Bonchev–Trinajstić information content (AvgIpc) is 3.66. The van der Waals surface area contributed by atoms with Gasteiger partial charge < -0.3 is 4.42 Å². The summed E-state index contributed by atoms with van der Waals surface area (Å²) in [6.45, 7) is 0. The van der Waals surface area contributed by atoms with Crippen LogP contribution in [-0.2, 0) is 0 Å². The van der Waals surface area contributed by atoms with Gasteiger partial charge in [0, 0.05) is 33.0 Å². The van der Waals surface area contributed by atoms with Crippen LogP contribution in [0.2, 0.25) is 0 Å². The first-order valence-corrected chi connectivity index (χ1v) is 18.4. The smallest absolute Gasteiger partial charge is 0.164 e. The molecular formula is C50H30N4O. The molecule has 5 nitrogen and oxygen atoms in total. The Morgan fingerprint density at radius 1 is 0.345 bits per heavy atom. The SMILES string of the molecule is c1ccc(-c2nc(-c3ccc(-c4nc5ccccc5c5oc6ccccc6c45)cc3)nc(-c3cccc(-c4cc5ccccc5c5ccccc45)c3)n2)cc1. The van der Waals surface area contributed by atoms with Crippen LogP contribution in [0.1, 0.15) is 0 Å². The zero-order valence-electron chi connectivity index (χ0n) is 29.5. The van der Waals surface area contributed by atoms with Gasteiger partial charge in [0.05, 0.1) is 16.6 Å². The van der Waals surface area contributed by atoms with E-state index in [0.717, 1.165) is 66.4 Å². The number of benzene rings is 8. The molecule has 8 aromatic carbocycles. The maximum atomic E-state index is 6.44. The lowest BCUT2D eigenvalue weighted by molar-refractivity contribution is 0.672. The summed E-state index contributed by atoms with van der Waals surface area (Å²) >= 11 is 0. The van der Waals surface area contributed by atoms with Gasteiger partial charge in [-0.05, 0) is 63.0 Å². The van der Waals surface area contributed by atoms with Gasteiger partial charge in [0.25, 0.3) is 0 Å². The molecule has 0 aliphatic heterocycles. The summed E-state index contributed by atoms with van der Waals surface area (Å²) in [5, 5.41) is 7.95. The van der Waals surface area contributed by atoms with Crippen LogP contribution in [0.5, 0.6) is 0 Å². The number of pyridine rings is 1. The van der Waals surface area contributed by atoms with E-state index in [0.29, 0.717) is 17.5 Å². The third-order valence-electron chi connectivity index (χ3n) is 10.5. The van der Waals surface area contributed by atoms with E-state index in [4.69, 9.17) is 24.4 Å². The monoisotopic (exact) mass is 702 g/mol. The normalized spacial score (nSPS) is 11.6. The highest BCUT2D eigenvalue weighted by Gasteiger charge is 2.19. The number of fused-ring (bicyclic) bond motifs is 8. The average molecular weight is 703 g/mol. The van der Waals surface area contributed by atoms with Crippen molar-refractivity contribution in [3.63, 3.8) is 0 Å². The van der Waals surface area contributed by atoms with E-state index in [2.05, 4.69) is 115 Å². The quantitative estimate of drug-likeness (QED) is 0.167. The van der Waals surface area contributed by atoms with E-state index in [9.17, 15) is 0 Å². The van der Waals surface area contributed by atoms with E-state index in [-0.39, 0.29) is 0 Å². The van der Waals surface area contributed by atoms with Crippen molar-refractivity contribution in [2.75, 3.05) is 0 Å². The van der Waals surface area contributed by atoms with Crippen LogP contribution in [0.25, 0.3) is 111 Å². The van der Waals surface area contributed by atoms with Gasteiger partial charge in [-0.1, -0.05) is 152 Å². The fourth-order valence-corrected chi connectivity index (χ4v) is 7.87. The molecule has 0 aliphatic rings. The Morgan fingerprint density at radius 3 is 1.71 bits per heavy atom. The Labute approximate surface area is 316 Å². The molecular weight excluding hydrogens is 673 g/mol. The topological polar surface area (TPSA) is 64.7 Å². The minimum atomic E-state index is 0.599. The predicted octanol–water partition coefficient (Wildman–Crippen LogP) is 13.0. The molecule has 0 N–H and O–H groups in total. The fourth-order valence-electron chi connectivity index (χ4n) is 7.87. The first-order chi connectivity index (χ1) is 27.2. The van der Waals surface area contributed by atoms with Crippen LogP contribution in [0.3, 0.4) is 0 Å². The summed E-state index contributed by atoms with van der Waals surface area (Å²) in [5.41, 5.74) is 9.45. The van der Waals surface area contributed by atoms with Gasteiger partial charge in [-0.25, -0.2) is 19.9 Å². The Hall–Kier alpha value is -7.50. The first kappa shape index (κ1) is 31.1. The van der Waals surface area contributed by atoms with Crippen LogP contribution in [0, 0.1) is 0 Å². The third-order valence-corrected chi connectivity index (χ3v) is 10.5. The largest absolute Gasteiger partial charge is 0.455 e. The number of hydrogen-bond acceptors (Lipinski definition) is 5. The zero-order valence-corrected chi connectivity index (χ0v) is 29.5. The summed E-state index contributed by atoms with van der Waals surface area (Å²) in [4.78, 5) is 20.4. The second-order valence-corrected chi connectivity index (χ2v) is 13.8. The minimum Gasteiger partial charge on any atom is -0.455 e. The Morgan fingerprint density at radius 2 is 0.909 bits per heavy atom. The van der Waals surface area contributed by atoms with E-state index >= 15 is 0 Å². The van der Waals surface area contributed by atoms with Crippen LogP contribution in [0.15, 0.2) is 186 Å². The maximum absolute atomic E-state index is 6.44. The fraction of sp³-hybridized carbons (Fsp3) is 0. The summed E-state index contributed by atoms with van der Waals surface area (Å²) < 4.78 is 6.44. The van der Waals surface area contributed by atoms with Gasteiger partial charge in [0.15, 0.2) is 17.5 Å². The number of para-hydroxylation sites is 2. The summed E-state index contributed by atoms with van der Waals surface area (Å²) in [7, 11) is 0. The Kier molecular flexibility index (Phi) is 7.10. The maximum Gasteiger partial charge on any atom is 0.164 e. The highest BCUT2D eigenvalue weighted by atomic mass is 16.3. The Balaban J connectivity index is 1.05. The molecule has 0 saturated heterocycles. The first-order valence-electron chi connectivity index (χ1n) is 18.4. The Bertz CT molecular complexity index is 3260. The molecule has 0 spiro atoms. The summed E-state index contributed by atoms with van der Waals surface area (Å²) in [5.74, 6) is 1.83. The molecule has 0 fully saturated rings. The number of hydrogen-bond donors (Lipinski definition) is 0. The molecule has 11 aromatic rings. The van der Waals surface area contributed by atoms with Gasteiger partial charge in [-0.2, -0.15) is 0 Å². The number of aromatic nitrogens is 4. The molecule has 0 unspecified atom stereocenters. The molecule has 0 saturated carbocycles. The van der Waals surface area contributed by atoms with Gasteiger partial charge in [0.2, 0.25) is 0 Å². The van der Waals surface area contributed by atoms with Crippen LogP contribution >= 0.6 is 0 Å². The van der Waals surface area contributed by atoms with Gasteiger partial charge in [-0.15, -0.1) is 0 Å². The van der Waals surface area contributed by atoms with Crippen molar-refractivity contribution in [3.8, 4) is 56.5 Å². The molecule has 55 heavy (non-hydrogen) atoms. The molecule has 0 bridgehead atoms. The van der Waals surface area contributed by atoms with Crippen LogP contribution in [-0.4, -0.2) is 19.9 Å². The zero-order chi connectivity index (χ0) is 36.3. The number of furan rings is 1. The van der Waals surface area contributed by atoms with Crippen molar-refractivity contribution in [3.05, 3.63) is 182 Å². The molecule has 0 atom stereocenters. The molecule has 3 aromatic heterocycles. The molecule has 0 aliphatic carbocycles. The van der Waals surface area contributed by atoms with Gasteiger partial charge in [0.1, 0.15) is 11.2 Å². The summed E-state index contributed by atoms with van der Waals surface area (Å²) in [6, 6.07) is 62.8. The van der Waals surface area contributed by atoms with Crippen LogP contribution < -0.4 is 0 Å². The van der Waals surface area contributed by atoms with E-state index in [1.54, 1.807) is 0 Å². The molecule has 0 amide bonds. The second-order valence-electron chi connectivity index (χ2n) is 13.8. The lowest BCUT2D eigenvalue weighted by Crippen LogP contribution is -2.00. The number of nitrogens with zero attached hydrogens (tertiary/aromatic N) is 4. The lowest BCUT2D eigenvalue weighted by Gasteiger charge is -2.13. The van der Waals surface area contributed by atoms with Crippen LogP contribution in [0.4, 0.5) is 0 Å². The van der Waals surface area contributed by atoms with Crippen molar-refractivity contribution >= 4 is 54.4 Å². The van der Waals surface area contributed by atoms with Crippen molar-refractivity contribution in [2.24, 2.45) is 0 Å². The highest BCUT2D eigenvalue weighted by molar-refractivity contribution is 6.19. The molecule has 5 heteroatoms. The van der Waals surface area contributed by atoms with Gasteiger partial charge >= 0.3 is 0 Å². The van der Waals surface area contributed by atoms with E-state index in [1.165, 1.54) is 27.1 Å². The minimum absolute atomic E-state index is 0.599. The van der Waals surface area contributed by atoms with E-state index in [1.807, 2.05) is 66.7 Å². The van der Waals surface area contributed by atoms with Crippen molar-refractivity contribution < 1.29 is 4.42 Å². The third kappa shape index (κ3) is 5.24. The van der Waals surface area contributed by atoms with E-state index < -0.39 is 0 Å². The molecule has 3 heterocycles. The standard InChI is InChI=1S/C50H30N4O/c1-2-13-32(14-3-1)48-52-49(33-27-25-31(26-28-33)46-45-41-22-9-11-24-44(41)55-47(45)40-21-8-10-23-43(40)51-46)54-50(53-48)36-17-12-16-34(29-36)42-30-35-15-4-5-18-37(35)38-19-6-7-20-39(38)42/h1-30H. The molecule has 0 radical (unpaired) electrons. The van der Waals surface area contributed by atoms with Crippen molar-refractivity contribution in [1.29, 1.82) is 0 Å². The summed E-state index contributed by atoms with van der Waals surface area (Å²) in [6.07, 6.45) is 0. The predicted molar refractivity (Wildman–Crippen MR) is 225 cm³/mol. The molecule has 256 valence electrons. The molecule has 11 rings (SSSR count). The highest BCUT2D eigenvalue weighted by Crippen LogP contribution is 2.40. The second kappa shape index (κ2) is 12.6. The number of rotatable bonds is 5. The van der Waals surface area contributed by atoms with Crippen molar-refractivity contribution in [1.82, 2.24) is 19.9 Å².